The van der Waals surface area contributed by atoms with E-state index in [1.807, 2.05) is 66.7 Å². The van der Waals surface area contributed by atoms with Crippen molar-refractivity contribution in [1.29, 1.82) is 0 Å². The van der Waals surface area contributed by atoms with E-state index in [1.54, 1.807) is 26.0 Å². The summed E-state index contributed by atoms with van der Waals surface area (Å²) in [7, 11) is 0. The number of ether oxygens (including phenoxy) is 2. The summed E-state index contributed by atoms with van der Waals surface area (Å²) in [6, 6.07) is 25.0. The van der Waals surface area contributed by atoms with Gasteiger partial charge in [-0.3, -0.25) is 0 Å². The van der Waals surface area contributed by atoms with Gasteiger partial charge in [-0.2, -0.15) is 0 Å². The third-order valence-electron chi connectivity index (χ3n) is 4.82. The van der Waals surface area contributed by atoms with Crippen molar-refractivity contribution in [2.24, 2.45) is 0 Å². The van der Waals surface area contributed by atoms with Crippen LogP contribution in [0.2, 0.25) is 0 Å². The highest BCUT2D eigenvalue weighted by Gasteiger charge is 2.31. The highest BCUT2D eigenvalue weighted by Crippen LogP contribution is 2.43. The van der Waals surface area contributed by atoms with Crippen LogP contribution in [0.25, 0.3) is 0 Å². The number of carbonyl (C=O) groups is 2. The summed E-state index contributed by atoms with van der Waals surface area (Å²) in [5.41, 5.74) is 0.432. The van der Waals surface area contributed by atoms with Crippen LogP contribution in [0.5, 0.6) is 0 Å². The number of esters is 2. The lowest BCUT2D eigenvalue weighted by atomic mass is 10.1. The summed E-state index contributed by atoms with van der Waals surface area (Å²) in [5.74, 6) is -1.09. The first-order chi connectivity index (χ1) is 14.5. The molecule has 30 heavy (non-hydrogen) atoms. The minimum Gasteiger partial charge on any atom is -0.462 e. The highest BCUT2D eigenvalue weighted by molar-refractivity contribution is 7.93. The summed E-state index contributed by atoms with van der Waals surface area (Å²) in [6.07, 6.45) is 4.68. The van der Waals surface area contributed by atoms with Crippen LogP contribution in [0.1, 0.15) is 34.6 Å². The van der Waals surface area contributed by atoms with Gasteiger partial charge in [-0.15, -0.1) is 0 Å². The fraction of sp³-hybridized carbons (Fsp3) is 0.160. The quantitative estimate of drug-likeness (QED) is 0.431. The van der Waals surface area contributed by atoms with Crippen molar-refractivity contribution in [3.05, 3.63) is 90.0 Å². The Morgan fingerprint density at radius 3 is 1.73 bits per heavy atom. The Labute approximate surface area is 177 Å². The van der Waals surface area contributed by atoms with Gasteiger partial charge >= 0.3 is 11.9 Å². The van der Waals surface area contributed by atoms with E-state index in [4.69, 9.17) is 9.47 Å². The number of carbonyl (C=O) groups excluding carboxylic acids is 2. The Morgan fingerprint density at radius 1 is 0.733 bits per heavy atom. The van der Waals surface area contributed by atoms with Gasteiger partial charge in [0.05, 0.1) is 24.3 Å². The number of hydrogen-bond donors (Lipinski definition) is 0. The number of hydrogen-bond acceptors (Lipinski definition) is 4. The molecular formula is C25H25O4P. The van der Waals surface area contributed by atoms with Gasteiger partial charge in [0.2, 0.25) is 0 Å². The third-order valence-corrected chi connectivity index (χ3v) is 8.38. The average molecular weight is 420 g/mol. The Kier molecular flexibility index (Phi) is 6.91. The van der Waals surface area contributed by atoms with Crippen LogP contribution in [0.4, 0.5) is 0 Å². The molecule has 3 rings (SSSR count). The van der Waals surface area contributed by atoms with E-state index in [9.17, 15) is 9.59 Å². The molecule has 0 fully saturated rings. The molecule has 0 radical (unpaired) electrons. The van der Waals surface area contributed by atoms with Gasteiger partial charge < -0.3 is 9.47 Å². The van der Waals surface area contributed by atoms with Crippen molar-refractivity contribution >= 4 is 41.0 Å². The zero-order chi connectivity index (χ0) is 21.6. The molecule has 0 amide bonds. The monoisotopic (exact) mass is 420 g/mol. The van der Waals surface area contributed by atoms with Crippen LogP contribution in [-0.4, -0.2) is 31.5 Å². The fourth-order valence-electron chi connectivity index (χ4n) is 3.45. The Hall–Kier alpha value is -3.10. The van der Waals surface area contributed by atoms with Crippen LogP contribution >= 0.6 is 6.89 Å². The van der Waals surface area contributed by atoms with Crippen molar-refractivity contribution in [3.8, 4) is 0 Å². The lowest BCUT2D eigenvalue weighted by Gasteiger charge is -2.29. The van der Waals surface area contributed by atoms with Gasteiger partial charge in [-0.05, 0) is 42.7 Å². The molecule has 0 bridgehead atoms. The molecule has 5 heteroatoms. The molecule has 0 N–H and O–H groups in total. The maximum absolute atomic E-state index is 13.1. The first kappa shape index (κ1) is 21.6. The van der Waals surface area contributed by atoms with Gasteiger partial charge in [0, 0.05) is 0 Å². The van der Waals surface area contributed by atoms with Crippen molar-refractivity contribution in [2.75, 3.05) is 13.2 Å². The fourth-order valence-corrected chi connectivity index (χ4v) is 6.60. The second-order valence-electron chi connectivity index (χ2n) is 6.62. The van der Waals surface area contributed by atoms with Crippen LogP contribution in [0, 0.1) is 0 Å². The SMILES string of the molecule is C=P(c1ccccc1)(c1ccccc1)c1cccc(C(=O)OCC)c1C(=O)OCC. The van der Waals surface area contributed by atoms with Gasteiger partial charge in [0.1, 0.15) is 0 Å². The predicted octanol–water partition coefficient (Wildman–Crippen LogP) is 3.77. The van der Waals surface area contributed by atoms with Gasteiger partial charge in [-0.25, -0.2) is 9.59 Å². The summed E-state index contributed by atoms with van der Waals surface area (Å²) in [6.45, 7) is 1.41. The molecule has 0 aromatic heterocycles. The molecule has 154 valence electrons. The van der Waals surface area contributed by atoms with Gasteiger partial charge in [0.25, 0.3) is 0 Å². The Morgan fingerprint density at radius 2 is 1.23 bits per heavy atom. The van der Waals surface area contributed by atoms with E-state index in [2.05, 4.69) is 6.30 Å². The minimum absolute atomic E-state index is 0.202. The van der Waals surface area contributed by atoms with Crippen molar-refractivity contribution in [3.63, 3.8) is 0 Å². The summed E-state index contributed by atoms with van der Waals surface area (Å²) < 4.78 is 10.6. The Bertz CT molecular complexity index is 1030. The lowest BCUT2D eigenvalue weighted by molar-refractivity contribution is 0.0480. The Balaban J connectivity index is 2.37. The van der Waals surface area contributed by atoms with Crippen LogP contribution in [0.3, 0.4) is 0 Å². The lowest BCUT2D eigenvalue weighted by Crippen LogP contribution is -2.31. The molecule has 4 nitrogen and oxygen atoms in total. The molecule has 0 aliphatic heterocycles. The first-order valence-corrected chi connectivity index (χ1v) is 11.8. The van der Waals surface area contributed by atoms with Crippen LogP contribution in [-0.2, 0) is 9.47 Å². The second kappa shape index (κ2) is 9.60. The van der Waals surface area contributed by atoms with E-state index < -0.39 is 18.8 Å². The smallest absolute Gasteiger partial charge is 0.339 e. The molecular weight excluding hydrogens is 395 g/mol. The molecule has 0 saturated heterocycles. The van der Waals surface area contributed by atoms with Crippen molar-refractivity contribution < 1.29 is 19.1 Å². The largest absolute Gasteiger partial charge is 0.462 e. The maximum Gasteiger partial charge on any atom is 0.339 e. The standard InChI is InChI=1S/C25H25O4P/c1-4-28-24(26)21-17-12-18-22(23(21)25(27)29-5-2)30(3,19-13-8-6-9-14-19)20-15-10-7-11-16-20/h6-18H,3-5H2,1-2H3. The molecule has 0 heterocycles. The molecule has 0 aliphatic carbocycles. The molecule has 0 unspecified atom stereocenters. The maximum atomic E-state index is 13.1. The summed E-state index contributed by atoms with van der Waals surface area (Å²) in [5, 5.41) is 2.70. The van der Waals surface area contributed by atoms with E-state index in [0.29, 0.717) is 5.30 Å². The highest BCUT2D eigenvalue weighted by atomic mass is 31.2. The molecule has 3 aromatic rings. The third kappa shape index (κ3) is 4.10. The molecule has 0 saturated carbocycles. The van der Waals surface area contributed by atoms with E-state index >= 15 is 0 Å². The second-order valence-corrected chi connectivity index (χ2v) is 9.76. The zero-order valence-corrected chi connectivity index (χ0v) is 18.1. The topological polar surface area (TPSA) is 52.6 Å². The van der Waals surface area contributed by atoms with Gasteiger partial charge in [-0.1, -0.05) is 79.1 Å². The van der Waals surface area contributed by atoms with Crippen molar-refractivity contribution in [2.45, 2.75) is 13.8 Å². The zero-order valence-electron chi connectivity index (χ0n) is 17.2. The molecule has 0 atom stereocenters. The predicted molar refractivity (Wildman–Crippen MR) is 124 cm³/mol. The average Bonchev–Trinajstić information content (AvgIpc) is 2.79. The van der Waals surface area contributed by atoms with E-state index in [1.165, 1.54) is 0 Å². The minimum atomic E-state index is -2.49. The van der Waals surface area contributed by atoms with Gasteiger partial charge in [0.15, 0.2) is 0 Å². The first-order valence-electron chi connectivity index (χ1n) is 9.86. The van der Waals surface area contributed by atoms with Crippen LogP contribution in [0.15, 0.2) is 78.9 Å². The molecule has 0 spiro atoms. The summed E-state index contributed by atoms with van der Waals surface area (Å²) >= 11 is 0. The van der Waals surface area contributed by atoms with E-state index in [0.717, 1.165) is 10.6 Å². The normalized spacial score (nSPS) is 11.0. The number of rotatable bonds is 7. The molecule has 3 aromatic carbocycles. The van der Waals surface area contributed by atoms with E-state index in [-0.39, 0.29) is 24.3 Å². The molecule has 0 aliphatic rings. The number of benzene rings is 3. The van der Waals surface area contributed by atoms with Crippen LogP contribution < -0.4 is 15.9 Å². The summed E-state index contributed by atoms with van der Waals surface area (Å²) in [4.78, 5) is 25.8. The van der Waals surface area contributed by atoms with Crippen molar-refractivity contribution in [1.82, 2.24) is 0 Å².